The average molecular weight is 210 g/mol. The average Bonchev–Trinajstić information content (AvgIpc) is 2.18. The van der Waals surface area contributed by atoms with Crippen LogP contribution in [0.3, 0.4) is 0 Å². The molecule has 0 atom stereocenters. The lowest BCUT2D eigenvalue weighted by Gasteiger charge is -2.10. The number of unbranched alkanes of at least 4 members (excludes halogenated alkanes) is 4. The molecule has 0 fully saturated rings. The molecule has 0 radical (unpaired) electrons. The third-order valence-corrected chi connectivity index (χ3v) is 2.41. The molecule has 0 rings (SSSR count). The fourth-order valence-corrected chi connectivity index (χ4v) is 1.45. The van der Waals surface area contributed by atoms with Gasteiger partial charge in [0.15, 0.2) is 0 Å². The quantitative estimate of drug-likeness (QED) is 0.356. The molecule has 0 aliphatic heterocycles. The van der Waals surface area contributed by atoms with Crippen LogP contribution < -0.4 is 0 Å². The Balaban J connectivity index is 3.45. The summed E-state index contributed by atoms with van der Waals surface area (Å²) in [5.41, 5.74) is 0. The summed E-state index contributed by atoms with van der Waals surface area (Å²) in [5.74, 6) is 1.76. The van der Waals surface area contributed by atoms with E-state index < -0.39 is 0 Å². The molecule has 0 aromatic heterocycles. The summed E-state index contributed by atoms with van der Waals surface area (Å²) in [6, 6.07) is 0. The molecule has 0 aromatic rings. The molecule has 15 heavy (non-hydrogen) atoms. The fourth-order valence-electron chi connectivity index (χ4n) is 1.45. The second-order valence-corrected chi connectivity index (χ2v) is 4.09. The van der Waals surface area contributed by atoms with Crippen LogP contribution in [0.15, 0.2) is 24.7 Å². The van der Waals surface area contributed by atoms with Crippen molar-refractivity contribution in [2.45, 2.75) is 65.2 Å². The second kappa shape index (κ2) is 9.82. The van der Waals surface area contributed by atoms with Gasteiger partial charge in [-0.2, -0.15) is 0 Å². The third-order valence-electron chi connectivity index (χ3n) is 2.41. The van der Waals surface area contributed by atoms with E-state index in [-0.39, 0.29) is 0 Å². The lowest BCUT2D eigenvalue weighted by atomic mass is 10.2. The van der Waals surface area contributed by atoms with Crippen LogP contribution in [0.25, 0.3) is 0 Å². The van der Waals surface area contributed by atoms with Crippen LogP contribution in [0.2, 0.25) is 0 Å². The smallest absolute Gasteiger partial charge is 0.0964 e. The third kappa shape index (κ3) is 9.58. The van der Waals surface area contributed by atoms with E-state index in [2.05, 4.69) is 27.0 Å². The molecular formula is C14H26O. The van der Waals surface area contributed by atoms with Gasteiger partial charge in [-0.25, -0.2) is 0 Å². The minimum atomic E-state index is 0.880. The Morgan fingerprint density at radius 3 is 1.53 bits per heavy atom. The van der Waals surface area contributed by atoms with Crippen LogP contribution in [0, 0.1) is 0 Å². The minimum absolute atomic E-state index is 0.880. The Kier molecular flexibility index (Phi) is 9.35. The van der Waals surface area contributed by atoms with Crippen molar-refractivity contribution >= 4 is 0 Å². The number of hydrogen-bond acceptors (Lipinski definition) is 1. The van der Waals surface area contributed by atoms with Crippen molar-refractivity contribution < 1.29 is 4.74 Å². The molecule has 0 aliphatic rings. The van der Waals surface area contributed by atoms with Gasteiger partial charge in [0.05, 0.1) is 11.5 Å². The molecule has 0 aliphatic carbocycles. The van der Waals surface area contributed by atoms with Gasteiger partial charge in [0.2, 0.25) is 0 Å². The van der Waals surface area contributed by atoms with Gasteiger partial charge >= 0.3 is 0 Å². The molecule has 0 saturated carbocycles. The van der Waals surface area contributed by atoms with Gasteiger partial charge < -0.3 is 4.74 Å². The molecule has 0 saturated heterocycles. The molecule has 0 N–H and O–H groups in total. The van der Waals surface area contributed by atoms with Crippen molar-refractivity contribution in [2.75, 3.05) is 0 Å². The Hall–Kier alpha value is -0.720. The van der Waals surface area contributed by atoms with E-state index in [1.54, 1.807) is 0 Å². The Bertz CT molecular complexity index is 162. The highest BCUT2D eigenvalue weighted by Gasteiger charge is 1.99. The van der Waals surface area contributed by atoms with Gasteiger partial charge in [0.1, 0.15) is 0 Å². The monoisotopic (exact) mass is 210 g/mol. The number of hydrogen-bond donors (Lipinski definition) is 0. The van der Waals surface area contributed by atoms with E-state index >= 15 is 0 Å². The summed E-state index contributed by atoms with van der Waals surface area (Å²) in [6.45, 7) is 12.2. The summed E-state index contributed by atoms with van der Waals surface area (Å²) in [6.07, 6.45) is 9.29. The number of ether oxygens (including phenoxy) is 1. The molecule has 0 spiro atoms. The lowest BCUT2D eigenvalue weighted by Crippen LogP contribution is -1.92. The van der Waals surface area contributed by atoms with E-state index in [1.165, 1.54) is 38.5 Å². The van der Waals surface area contributed by atoms with Crippen molar-refractivity contribution in [1.29, 1.82) is 0 Å². The zero-order chi connectivity index (χ0) is 11.5. The molecule has 0 heterocycles. The zero-order valence-electron chi connectivity index (χ0n) is 10.5. The molecule has 0 unspecified atom stereocenters. The standard InChI is InChI=1S/C14H26O/c1-5-7-9-11-13(3)15-14(4)12-10-8-6-2/h3-12H2,1-2H3. The second-order valence-electron chi connectivity index (χ2n) is 4.09. The molecule has 88 valence electrons. The maximum absolute atomic E-state index is 5.55. The summed E-state index contributed by atoms with van der Waals surface area (Å²) < 4.78 is 5.55. The molecule has 1 heteroatoms. The zero-order valence-corrected chi connectivity index (χ0v) is 10.5. The van der Waals surface area contributed by atoms with E-state index in [4.69, 9.17) is 4.74 Å². The summed E-state index contributed by atoms with van der Waals surface area (Å²) in [5, 5.41) is 0. The molecule has 1 nitrogen and oxygen atoms in total. The highest BCUT2D eigenvalue weighted by atomic mass is 16.5. The molecular weight excluding hydrogens is 184 g/mol. The SMILES string of the molecule is C=C(CCCCC)OC(=C)CCCCC. The van der Waals surface area contributed by atoms with Crippen LogP contribution >= 0.6 is 0 Å². The Morgan fingerprint density at radius 2 is 1.20 bits per heavy atom. The maximum Gasteiger partial charge on any atom is 0.0964 e. The maximum atomic E-state index is 5.55. The number of allylic oxidation sites excluding steroid dienone is 2. The van der Waals surface area contributed by atoms with E-state index in [9.17, 15) is 0 Å². The normalized spacial score (nSPS) is 10.0. The van der Waals surface area contributed by atoms with Crippen LogP contribution in [0.1, 0.15) is 65.2 Å². The van der Waals surface area contributed by atoms with Crippen molar-refractivity contribution in [3.63, 3.8) is 0 Å². The van der Waals surface area contributed by atoms with Crippen LogP contribution in [0.4, 0.5) is 0 Å². The van der Waals surface area contributed by atoms with Crippen LogP contribution in [-0.4, -0.2) is 0 Å². The molecule has 0 bridgehead atoms. The van der Waals surface area contributed by atoms with Crippen LogP contribution in [-0.2, 0) is 4.74 Å². The van der Waals surface area contributed by atoms with Crippen molar-refractivity contribution in [1.82, 2.24) is 0 Å². The summed E-state index contributed by atoms with van der Waals surface area (Å²) in [4.78, 5) is 0. The first-order valence-corrected chi connectivity index (χ1v) is 6.24. The van der Waals surface area contributed by atoms with E-state index in [0.29, 0.717) is 0 Å². The highest BCUT2D eigenvalue weighted by molar-refractivity contribution is 4.93. The molecule has 0 aromatic carbocycles. The molecule has 0 amide bonds. The highest BCUT2D eigenvalue weighted by Crippen LogP contribution is 2.15. The first kappa shape index (κ1) is 14.3. The van der Waals surface area contributed by atoms with E-state index in [0.717, 1.165) is 24.4 Å². The largest absolute Gasteiger partial charge is 0.467 e. The van der Waals surface area contributed by atoms with Gasteiger partial charge in [0.25, 0.3) is 0 Å². The first-order chi connectivity index (χ1) is 7.20. The Morgan fingerprint density at radius 1 is 0.800 bits per heavy atom. The lowest BCUT2D eigenvalue weighted by molar-refractivity contribution is 0.275. The van der Waals surface area contributed by atoms with Gasteiger partial charge in [-0.05, 0) is 12.8 Å². The van der Waals surface area contributed by atoms with Gasteiger partial charge in [-0.1, -0.05) is 52.7 Å². The predicted molar refractivity (Wildman–Crippen MR) is 67.6 cm³/mol. The minimum Gasteiger partial charge on any atom is -0.467 e. The fraction of sp³-hybridized carbons (Fsp3) is 0.714. The first-order valence-electron chi connectivity index (χ1n) is 6.24. The summed E-state index contributed by atoms with van der Waals surface area (Å²) >= 11 is 0. The van der Waals surface area contributed by atoms with Crippen molar-refractivity contribution in [3.05, 3.63) is 24.7 Å². The number of rotatable bonds is 10. The van der Waals surface area contributed by atoms with Gasteiger partial charge in [0, 0.05) is 12.8 Å². The summed E-state index contributed by atoms with van der Waals surface area (Å²) in [7, 11) is 0. The predicted octanol–water partition coefficient (Wildman–Crippen LogP) is 5.19. The van der Waals surface area contributed by atoms with E-state index in [1.807, 2.05) is 0 Å². The van der Waals surface area contributed by atoms with Crippen molar-refractivity contribution in [2.24, 2.45) is 0 Å². The van der Waals surface area contributed by atoms with Crippen LogP contribution in [0.5, 0.6) is 0 Å². The van der Waals surface area contributed by atoms with Gasteiger partial charge in [-0.3, -0.25) is 0 Å². The van der Waals surface area contributed by atoms with Crippen molar-refractivity contribution in [3.8, 4) is 0 Å². The Labute approximate surface area is 95.2 Å². The van der Waals surface area contributed by atoms with Gasteiger partial charge in [-0.15, -0.1) is 0 Å². The topological polar surface area (TPSA) is 9.23 Å².